The van der Waals surface area contributed by atoms with Crippen LogP contribution in [0.2, 0.25) is 0 Å². The summed E-state index contributed by atoms with van der Waals surface area (Å²) in [5.74, 6) is 0.328. The van der Waals surface area contributed by atoms with Crippen molar-refractivity contribution in [3.05, 3.63) is 11.8 Å². The monoisotopic (exact) mass is 386 g/mol. The van der Waals surface area contributed by atoms with Crippen molar-refractivity contribution < 1.29 is 22.7 Å². The number of ether oxygens (including phenoxy) is 1. The highest BCUT2D eigenvalue weighted by Crippen LogP contribution is 2.42. The van der Waals surface area contributed by atoms with Crippen LogP contribution in [0.3, 0.4) is 0 Å². The van der Waals surface area contributed by atoms with Gasteiger partial charge in [-0.25, -0.2) is 4.68 Å². The Hall–Kier alpha value is -1.77. The second kappa shape index (κ2) is 7.00. The molecule has 4 rings (SSSR count). The molecule has 0 aliphatic carbocycles. The van der Waals surface area contributed by atoms with Crippen LogP contribution in [-0.2, 0) is 9.53 Å². The number of rotatable bonds is 3. The Labute approximate surface area is 156 Å². The quantitative estimate of drug-likeness (QED) is 0.865. The van der Waals surface area contributed by atoms with Gasteiger partial charge in [0.15, 0.2) is 6.04 Å². The summed E-state index contributed by atoms with van der Waals surface area (Å²) in [7, 11) is 0. The highest BCUT2D eigenvalue weighted by Gasteiger charge is 2.47. The fraction of sp³-hybridized carbons (Fsp3) is 0.778. The summed E-state index contributed by atoms with van der Waals surface area (Å²) in [6.45, 7) is 3.06. The molecule has 0 spiro atoms. The number of fused-ring (bicyclic) bond motifs is 1. The van der Waals surface area contributed by atoms with E-state index in [2.05, 4.69) is 10.4 Å². The normalized spacial score (nSPS) is 31.0. The summed E-state index contributed by atoms with van der Waals surface area (Å²) in [4.78, 5) is 14.5. The number of nitrogens with zero attached hydrogens (tertiary/aromatic N) is 3. The van der Waals surface area contributed by atoms with Crippen LogP contribution >= 0.6 is 0 Å². The van der Waals surface area contributed by atoms with Crippen LogP contribution in [0.4, 0.5) is 19.0 Å². The molecule has 1 N–H and O–H groups in total. The van der Waals surface area contributed by atoms with E-state index in [1.165, 1.54) is 0 Å². The van der Waals surface area contributed by atoms with Gasteiger partial charge in [0.2, 0.25) is 0 Å². The maximum Gasteiger partial charge on any atom is 0.410 e. The molecule has 4 heterocycles. The van der Waals surface area contributed by atoms with E-state index < -0.39 is 18.3 Å². The van der Waals surface area contributed by atoms with E-state index in [-0.39, 0.29) is 24.4 Å². The molecule has 1 amide bonds. The number of carbonyl (C=O) groups excluding carboxylic acids is 1. The lowest BCUT2D eigenvalue weighted by molar-refractivity contribution is -0.173. The van der Waals surface area contributed by atoms with Gasteiger partial charge in [0, 0.05) is 25.3 Å². The summed E-state index contributed by atoms with van der Waals surface area (Å²) in [6, 6.07) is -0.458. The first kappa shape index (κ1) is 18.6. The van der Waals surface area contributed by atoms with Crippen molar-refractivity contribution in [2.24, 2.45) is 0 Å². The zero-order valence-corrected chi connectivity index (χ0v) is 15.3. The number of anilines is 1. The number of hydrogen-bond donors (Lipinski definition) is 1. The van der Waals surface area contributed by atoms with Crippen molar-refractivity contribution in [3.8, 4) is 0 Å². The van der Waals surface area contributed by atoms with E-state index in [0.29, 0.717) is 43.9 Å². The molecular formula is C18H25F3N4O2. The molecule has 0 unspecified atom stereocenters. The summed E-state index contributed by atoms with van der Waals surface area (Å²) in [5, 5.41) is 7.47. The molecule has 2 saturated heterocycles. The fourth-order valence-electron chi connectivity index (χ4n) is 4.40. The molecule has 0 saturated carbocycles. The Morgan fingerprint density at radius 1 is 1.37 bits per heavy atom. The van der Waals surface area contributed by atoms with Gasteiger partial charge in [0.25, 0.3) is 5.91 Å². The number of halogens is 3. The Kier molecular flexibility index (Phi) is 4.82. The minimum atomic E-state index is -4.35. The van der Waals surface area contributed by atoms with E-state index in [1.807, 2.05) is 6.92 Å². The topological polar surface area (TPSA) is 59.4 Å². The maximum atomic E-state index is 13.6. The molecule has 3 aliphatic heterocycles. The first-order valence-electron chi connectivity index (χ1n) is 9.73. The molecule has 9 heteroatoms. The minimum absolute atomic E-state index is 0.0304. The van der Waals surface area contributed by atoms with Crippen LogP contribution in [0.15, 0.2) is 6.07 Å². The van der Waals surface area contributed by atoms with Gasteiger partial charge in [-0.05, 0) is 38.5 Å². The smallest absolute Gasteiger partial charge is 0.368 e. The predicted molar refractivity (Wildman–Crippen MR) is 92.3 cm³/mol. The number of aromatic nitrogens is 2. The first-order valence-corrected chi connectivity index (χ1v) is 9.73. The third kappa shape index (κ3) is 3.41. The van der Waals surface area contributed by atoms with Gasteiger partial charge < -0.3 is 15.0 Å². The summed E-state index contributed by atoms with van der Waals surface area (Å²) in [5.41, 5.74) is 0.535. The summed E-state index contributed by atoms with van der Waals surface area (Å²) in [6.07, 6.45) is -1.09. The molecule has 27 heavy (non-hydrogen) atoms. The van der Waals surface area contributed by atoms with Gasteiger partial charge in [0.05, 0.1) is 11.7 Å². The minimum Gasteiger partial charge on any atom is -0.368 e. The summed E-state index contributed by atoms with van der Waals surface area (Å²) >= 11 is 0. The van der Waals surface area contributed by atoms with Gasteiger partial charge in [-0.1, -0.05) is 6.92 Å². The molecule has 0 aromatic carbocycles. The standard InChI is InChI=1S/C18H25F3N4O2/c1-2-11-9-15(18(19,20)21)25-16(22-11)10-12(23-25)13-5-3-7-24(13)17(26)14-6-4-8-27-14/h10-11,13-15,22H,2-9H2,1H3/t11-,13-,14-,15-/m1/s1. The molecule has 0 bridgehead atoms. The second-order valence-electron chi connectivity index (χ2n) is 7.63. The van der Waals surface area contributed by atoms with Gasteiger partial charge in [-0.3, -0.25) is 4.79 Å². The number of amides is 1. The third-order valence-corrected chi connectivity index (χ3v) is 5.86. The molecule has 0 radical (unpaired) electrons. The van der Waals surface area contributed by atoms with E-state index >= 15 is 0 Å². The number of likely N-dealkylation sites (tertiary alicyclic amines) is 1. The average molecular weight is 386 g/mol. The fourth-order valence-corrected chi connectivity index (χ4v) is 4.40. The molecule has 2 fully saturated rings. The van der Waals surface area contributed by atoms with Crippen LogP contribution < -0.4 is 5.32 Å². The number of carbonyl (C=O) groups is 1. The van der Waals surface area contributed by atoms with Gasteiger partial charge in [0.1, 0.15) is 11.9 Å². The van der Waals surface area contributed by atoms with Crippen molar-refractivity contribution in [3.63, 3.8) is 0 Å². The van der Waals surface area contributed by atoms with Crippen LogP contribution in [0, 0.1) is 0 Å². The van der Waals surface area contributed by atoms with Crippen molar-refractivity contribution in [2.45, 2.75) is 75.9 Å². The van der Waals surface area contributed by atoms with Crippen molar-refractivity contribution in [1.29, 1.82) is 0 Å². The SMILES string of the molecule is CC[C@@H]1C[C@H](C(F)(F)F)n2nc([C@H]3CCCN3C(=O)[C@H]3CCCO3)cc2N1. The number of nitrogens with one attached hydrogen (secondary N) is 1. The third-order valence-electron chi connectivity index (χ3n) is 5.86. The number of hydrogen-bond acceptors (Lipinski definition) is 4. The lowest BCUT2D eigenvalue weighted by atomic mass is 10.0. The Bertz CT molecular complexity index is 699. The summed E-state index contributed by atoms with van der Waals surface area (Å²) < 4.78 is 47.2. The molecule has 1 aromatic heterocycles. The molecule has 3 aliphatic rings. The van der Waals surface area contributed by atoms with E-state index in [1.54, 1.807) is 11.0 Å². The lowest BCUT2D eigenvalue weighted by Gasteiger charge is -2.32. The Morgan fingerprint density at radius 2 is 2.19 bits per heavy atom. The van der Waals surface area contributed by atoms with Crippen LogP contribution in [-0.4, -0.2) is 52.1 Å². The van der Waals surface area contributed by atoms with Crippen LogP contribution in [0.1, 0.15) is 63.2 Å². The van der Waals surface area contributed by atoms with E-state index in [0.717, 1.165) is 17.5 Å². The Balaban J connectivity index is 1.61. The highest BCUT2D eigenvalue weighted by molar-refractivity contribution is 5.82. The first-order chi connectivity index (χ1) is 12.9. The largest absolute Gasteiger partial charge is 0.410 e. The van der Waals surface area contributed by atoms with E-state index in [4.69, 9.17) is 4.74 Å². The molecule has 4 atom stereocenters. The van der Waals surface area contributed by atoms with Crippen LogP contribution in [0.5, 0.6) is 0 Å². The second-order valence-corrected chi connectivity index (χ2v) is 7.63. The molecule has 1 aromatic rings. The van der Waals surface area contributed by atoms with Crippen LogP contribution in [0.25, 0.3) is 0 Å². The lowest BCUT2D eigenvalue weighted by Crippen LogP contribution is -2.39. The zero-order chi connectivity index (χ0) is 19.2. The van der Waals surface area contributed by atoms with Crippen molar-refractivity contribution in [1.82, 2.24) is 14.7 Å². The molecule has 150 valence electrons. The van der Waals surface area contributed by atoms with Crippen molar-refractivity contribution in [2.75, 3.05) is 18.5 Å². The van der Waals surface area contributed by atoms with Gasteiger partial charge in [-0.15, -0.1) is 0 Å². The molecular weight excluding hydrogens is 361 g/mol. The zero-order valence-electron chi connectivity index (χ0n) is 15.3. The van der Waals surface area contributed by atoms with E-state index in [9.17, 15) is 18.0 Å². The number of alkyl halides is 3. The van der Waals surface area contributed by atoms with Gasteiger partial charge in [-0.2, -0.15) is 18.3 Å². The van der Waals surface area contributed by atoms with Crippen molar-refractivity contribution >= 4 is 11.7 Å². The maximum absolute atomic E-state index is 13.6. The Morgan fingerprint density at radius 3 is 2.85 bits per heavy atom. The predicted octanol–water partition coefficient (Wildman–Crippen LogP) is 3.42. The highest BCUT2D eigenvalue weighted by atomic mass is 19.4. The average Bonchev–Trinajstić information content (AvgIpc) is 3.38. The van der Waals surface area contributed by atoms with Gasteiger partial charge >= 0.3 is 6.18 Å². The molecule has 6 nitrogen and oxygen atoms in total.